The van der Waals surface area contributed by atoms with E-state index < -0.39 is 0 Å². The van der Waals surface area contributed by atoms with Gasteiger partial charge in [0, 0.05) is 10.8 Å². The van der Waals surface area contributed by atoms with E-state index in [1.165, 1.54) is 19.3 Å². The average molecular weight is 280 g/mol. The van der Waals surface area contributed by atoms with Crippen molar-refractivity contribution in [3.63, 3.8) is 0 Å². The molecule has 0 amide bonds. The first-order valence-corrected chi connectivity index (χ1v) is 8.30. The van der Waals surface area contributed by atoms with Crippen molar-refractivity contribution in [3.05, 3.63) is 0 Å². The normalized spacial score (nSPS) is 39.0. The lowest BCUT2D eigenvalue weighted by molar-refractivity contribution is -0.209. The molecule has 0 aromatic heterocycles. The van der Waals surface area contributed by atoms with Crippen LogP contribution in [0.1, 0.15) is 80.6 Å². The Morgan fingerprint density at radius 1 is 1.25 bits per heavy atom. The lowest BCUT2D eigenvalue weighted by atomic mass is 9.59. The maximum absolute atomic E-state index is 12.7. The minimum atomic E-state index is -0.379. The summed E-state index contributed by atoms with van der Waals surface area (Å²) in [6.07, 6.45) is 5.47. The molecular formula is C18H32O2. The van der Waals surface area contributed by atoms with E-state index in [1.807, 2.05) is 13.8 Å². The smallest absolute Gasteiger partial charge is 0.312 e. The zero-order valence-electron chi connectivity index (χ0n) is 14.4. The summed E-state index contributed by atoms with van der Waals surface area (Å²) >= 11 is 0. The van der Waals surface area contributed by atoms with Crippen molar-refractivity contribution in [2.45, 2.75) is 86.2 Å². The van der Waals surface area contributed by atoms with Crippen molar-refractivity contribution in [2.75, 3.05) is 0 Å². The van der Waals surface area contributed by atoms with Gasteiger partial charge in [0.25, 0.3) is 0 Å². The summed E-state index contributed by atoms with van der Waals surface area (Å²) in [6.45, 7) is 15.2. The fourth-order valence-corrected chi connectivity index (χ4v) is 4.98. The van der Waals surface area contributed by atoms with Crippen molar-refractivity contribution >= 4 is 5.97 Å². The number of carbonyl (C=O) groups excluding carboxylic acids is 1. The monoisotopic (exact) mass is 280 g/mol. The molecule has 0 aromatic carbocycles. The molecule has 3 unspecified atom stereocenters. The molecule has 2 aliphatic rings. The van der Waals surface area contributed by atoms with Gasteiger partial charge in [0.15, 0.2) is 0 Å². The Labute approximate surface area is 124 Å². The Balaban J connectivity index is 2.37. The second kappa shape index (κ2) is 4.48. The number of esters is 1. The predicted octanol–water partition coefficient (Wildman–Crippen LogP) is 4.96. The van der Waals surface area contributed by atoms with Crippen LogP contribution < -0.4 is 0 Å². The molecule has 0 aromatic rings. The van der Waals surface area contributed by atoms with Crippen LogP contribution in [0.5, 0.6) is 0 Å². The maximum atomic E-state index is 12.7. The fourth-order valence-electron chi connectivity index (χ4n) is 4.98. The van der Waals surface area contributed by atoms with Crippen LogP contribution in [0.4, 0.5) is 0 Å². The van der Waals surface area contributed by atoms with Crippen molar-refractivity contribution in [3.8, 4) is 0 Å². The molecule has 2 nitrogen and oxygen atoms in total. The lowest BCUT2D eigenvalue weighted by Crippen LogP contribution is -2.57. The summed E-state index contributed by atoms with van der Waals surface area (Å²) in [5.74, 6) is 0.689. The Bertz CT molecular complexity index is 403. The average Bonchev–Trinajstić information content (AvgIpc) is 2.84. The highest BCUT2D eigenvalue weighted by molar-refractivity contribution is 5.76. The van der Waals surface area contributed by atoms with Crippen LogP contribution in [0, 0.1) is 22.2 Å². The molecule has 0 spiro atoms. The van der Waals surface area contributed by atoms with Gasteiger partial charge in [-0.3, -0.25) is 4.79 Å². The SMILES string of the molecule is CCC(C)(C)C(=O)OC1(CC)C2(C)CCC(C2)C1(C)C. The van der Waals surface area contributed by atoms with Crippen molar-refractivity contribution < 1.29 is 9.53 Å². The summed E-state index contributed by atoms with van der Waals surface area (Å²) in [4.78, 5) is 12.7. The number of ether oxygens (including phenoxy) is 1. The van der Waals surface area contributed by atoms with Gasteiger partial charge in [-0.25, -0.2) is 0 Å². The molecule has 2 saturated carbocycles. The molecule has 3 atom stereocenters. The van der Waals surface area contributed by atoms with Gasteiger partial charge in [-0.05, 0) is 51.9 Å². The maximum Gasteiger partial charge on any atom is 0.312 e. The third-order valence-corrected chi connectivity index (χ3v) is 6.98. The minimum absolute atomic E-state index is 0.0105. The van der Waals surface area contributed by atoms with E-state index in [-0.39, 0.29) is 27.8 Å². The van der Waals surface area contributed by atoms with Crippen molar-refractivity contribution in [1.82, 2.24) is 0 Å². The highest BCUT2D eigenvalue weighted by Crippen LogP contribution is 2.70. The van der Waals surface area contributed by atoms with Gasteiger partial charge in [-0.15, -0.1) is 0 Å². The molecule has 2 heteroatoms. The zero-order chi connectivity index (χ0) is 15.4. The summed E-state index contributed by atoms with van der Waals surface area (Å²) in [6, 6.07) is 0. The van der Waals surface area contributed by atoms with Gasteiger partial charge in [0.05, 0.1) is 5.41 Å². The molecule has 20 heavy (non-hydrogen) atoms. The van der Waals surface area contributed by atoms with Gasteiger partial charge in [-0.2, -0.15) is 0 Å². The largest absolute Gasteiger partial charge is 0.458 e. The Morgan fingerprint density at radius 2 is 1.85 bits per heavy atom. The Morgan fingerprint density at radius 3 is 2.25 bits per heavy atom. The van der Waals surface area contributed by atoms with E-state index in [0.29, 0.717) is 5.92 Å². The quantitative estimate of drug-likeness (QED) is 0.680. The van der Waals surface area contributed by atoms with Gasteiger partial charge >= 0.3 is 5.97 Å². The number of rotatable bonds is 4. The number of carbonyl (C=O) groups is 1. The summed E-state index contributed by atoms with van der Waals surface area (Å²) in [5.41, 5.74) is -0.410. The molecule has 0 heterocycles. The first kappa shape index (κ1) is 15.9. The fraction of sp³-hybridized carbons (Fsp3) is 0.944. The summed E-state index contributed by atoms with van der Waals surface area (Å²) in [5, 5.41) is 0. The second-order valence-electron chi connectivity index (χ2n) is 8.53. The lowest BCUT2D eigenvalue weighted by Gasteiger charge is -2.53. The summed E-state index contributed by atoms with van der Waals surface area (Å²) < 4.78 is 6.32. The molecule has 2 bridgehead atoms. The van der Waals surface area contributed by atoms with E-state index in [0.717, 1.165) is 12.8 Å². The first-order valence-electron chi connectivity index (χ1n) is 8.30. The van der Waals surface area contributed by atoms with E-state index in [9.17, 15) is 4.79 Å². The van der Waals surface area contributed by atoms with E-state index in [1.54, 1.807) is 0 Å². The van der Waals surface area contributed by atoms with Crippen LogP contribution in [-0.2, 0) is 9.53 Å². The van der Waals surface area contributed by atoms with Crippen molar-refractivity contribution in [1.29, 1.82) is 0 Å². The van der Waals surface area contributed by atoms with Crippen LogP contribution >= 0.6 is 0 Å². The molecule has 2 rings (SSSR count). The highest BCUT2D eigenvalue weighted by Gasteiger charge is 2.70. The van der Waals surface area contributed by atoms with Crippen LogP contribution in [0.25, 0.3) is 0 Å². The minimum Gasteiger partial charge on any atom is -0.458 e. The molecule has 0 N–H and O–H groups in total. The molecular weight excluding hydrogens is 248 g/mol. The Hall–Kier alpha value is -0.530. The molecule has 0 saturated heterocycles. The Kier molecular flexibility index (Phi) is 3.55. The third-order valence-electron chi connectivity index (χ3n) is 6.98. The molecule has 116 valence electrons. The van der Waals surface area contributed by atoms with E-state index in [2.05, 4.69) is 34.6 Å². The van der Waals surface area contributed by atoms with Gasteiger partial charge in [0.1, 0.15) is 5.60 Å². The first-order chi connectivity index (χ1) is 9.06. The van der Waals surface area contributed by atoms with Gasteiger partial charge < -0.3 is 4.74 Å². The molecule has 2 fully saturated rings. The zero-order valence-corrected chi connectivity index (χ0v) is 14.4. The predicted molar refractivity (Wildman–Crippen MR) is 82.4 cm³/mol. The topological polar surface area (TPSA) is 26.3 Å². The van der Waals surface area contributed by atoms with E-state index >= 15 is 0 Å². The van der Waals surface area contributed by atoms with Crippen molar-refractivity contribution in [2.24, 2.45) is 22.2 Å². The van der Waals surface area contributed by atoms with Gasteiger partial charge in [-0.1, -0.05) is 34.6 Å². The molecule has 0 radical (unpaired) electrons. The molecule has 2 aliphatic carbocycles. The third kappa shape index (κ3) is 1.79. The number of fused-ring (bicyclic) bond motifs is 2. The second-order valence-corrected chi connectivity index (χ2v) is 8.53. The van der Waals surface area contributed by atoms with Crippen LogP contribution in [-0.4, -0.2) is 11.6 Å². The van der Waals surface area contributed by atoms with Crippen LogP contribution in [0.3, 0.4) is 0 Å². The molecule has 0 aliphatic heterocycles. The van der Waals surface area contributed by atoms with Crippen LogP contribution in [0.15, 0.2) is 0 Å². The number of hydrogen-bond acceptors (Lipinski definition) is 2. The van der Waals surface area contributed by atoms with Crippen LogP contribution in [0.2, 0.25) is 0 Å². The standard InChI is InChI=1S/C18H32O2/c1-8-15(3,4)14(19)20-18(9-2)16(5,6)13-10-11-17(18,7)12-13/h13H,8-12H2,1-7H3. The number of hydrogen-bond donors (Lipinski definition) is 0. The van der Waals surface area contributed by atoms with Gasteiger partial charge in [0.2, 0.25) is 0 Å². The highest BCUT2D eigenvalue weighted by atomic mass is 16.6. The van der Waals surface area contributed by atoms with E-state index in [4.69, 9.17) is 4.74 Å². The summed E-state index contributed by atoms with van der Waals surface area (Å²) in [7, 11) is 0.